The van der Waals surface area contributed by atoms with Crippen molar-refractivity contribution < 1.29 is 14.6 Å². The fraction of sp³-hybridized carbons (Fsp3) is 0.211. The Balaban J connectivity index is 2.25. The number of rotatable bonds is 5. The van der Waals surface area contributed by atoms with Crippen LogP contribution in [-0.2, 0) is 14.9 Å². The molecule has 22 heavy (non-hydrogen) atoms. The van der Waals surface area contributed by atoms with E-state index < -0.39 is 11.4 Å². The molecule has 3 nitrogen and oxygen atoms in total. The number of ether oxygens (including phenoxy) is 1. The third-order valence-electron chi connectivity index (χ3n) is 4.13. The SMILES string of the molecule is C/C(=C\C(c1ccccc1)(c1ccccc1)C1CO1)C(=O)O. The zero-order valence-electron chi connectivity index (χ0n) is 12.4. The van der Waals surface area contributed by atoms with Crippen LogP contribution in [0.4, 0.5) is 0 Å². The molecule has 1 saturated heterocycles. The molecular formula is C19H18O3. The van der Waals surface area contributed by atoms with Crippen LogP contribution < -0.4 is 0 Å². The smallest absolute Gasteiger partial charge is 0.330 e. The number of carbonyl (C=O) groups is 1. The van der Waals surface area contributed by atoms with Crippen LogP contribution in [0.2, 0.25) is 0 Å². The third kappa shape index (κ3) is 2.55. The summed E-state index contributed by atoms with van der Waals surface area (Å²) in [6.07, 6.45) is 1.80. The molecule has 0 aliphatic carbocycles. The zero-order valence-corrected chi connectivity index (χ0v) is 12.4. The van der Waals surface area contributed by atoms with Gasteiger partial charge in [-0.1, -0.05) is 66.7 Å². The van der Waals surface area contributed by atoms with Crippen molar-refractivity contribution in [1.82, 2.24) is 0 Å². The molecule has 1 aliphatic heterocycles. The lowest BCUT2D eigenvalue weighted by atomic mass is 9.71. The lowest BCUT2D eigenvalue weighted by Crippen LogP contribution is -2.33. The highest BCUT2D eigenvalue weighted by Crippen LogP contribution is 2.44. The van der Waals surface area contributed by atoms with Crippen LogP contribution >= 0.6 is 0 Å². The van der Waals surface area contributed by atoms with E-state index in [9.17, 15) is 9.90 Å². The van der Waals surface area contributed by atoms with E-state index in [-0.39, 0.29) is 6.10 Å². The summed E-state index contributed by atoms with van der Waals surface area (Å²) in [6.45, 7) is 2.26. The number of hydrogen-bond acceptors (Lipinski definition) is 2. The Morgan fingerprint density at radius 3 is 1.91 bits per heavy atom. The second-order valence-electron chi connectivity index (χ2n) is 5.56. The fourth-order valence-corrected chi connectivity index (χ4v) is 2.94. The Kier molecular flexibility index (Phi) is 3.82. The van der Waals surface area contributed by atoms with Gasteiger partial charge in [0.1, 0.15) is 0 Å². The van der Waals surface area contributed by atoms with E-state index in [0.29, 0.717) is 12.2 Å². The van der Waals surface area contributed by atoms with Crippen LogP contribution in [0.5, 0.6) is 0 Å². The van der Waals surface area contributed by atoms with E-state index in [1.54, 1.807) is 6.92 Å². The Bertz CT molecular complexity index is 646. The number of carboxylic acids is 1. The number of epoxide rings is 1. The monoisotopic (exact) mass is 294 g/mol. The highest BCUT2D eigenvalue weighted by molar-refractivity contribution is 5.86. The molecule has 3 rings (SSSR count). The predicted octanol–water partition coefficient (Wildman–Crippen LogP) is 3.40. The van der Waals surface area contributed by atoms with Gasteiger partial charge in [-0.2, -0.15) is 0 Å². The first-order valence-corrected chi connectivity index (χ1v) is 7.30. The first-order chi connectivity index (χ1) is 10.6. The van der Waals surface area contributed by atoms with Gasteiger partial charge in [0.05, 0.1) is 18.1 Å². The largest absolute Gasteiger partial charge is 0.478 e. The molecule has 0 amide bonds. The van der Waals surface area contributed by atoms with Gasteiger partial charge in [0.15, 0.2) is 0 Å². The van der Waals surface area contributed by atoms with E-state index in [1.165, 1.54) is 0 Å². The van der Waals surface area contributed by atoms with Gasteiger partial charge in [-0.05, 0) is 18.1 Å². The molecule has 1 unspecified atom stereocenters. The van der Waals surface area contributed by atoms with E-state index in [2.05, 4.69) is 0 Å². The maximum Gasteiger partial charge on any atom is 0.330 e. The summed E-state index contributed by atoms with van der Waals surface area (Å²) in [5, 5.41) is 9.33. The first-order valence-electron chi connectivity index (χ1n) is 7.30. The number of benzene rings is 2. The highest BCUT2D eigenvalue weighted by Gasteiger charge is 2.48. The maximum atomic E-state index is 11.4. The van der Waals surface area contributed by atoms with Gasteiger partial charge in [-0.25, -0.2) is 4.79 Å². The summed E-state index contributed by atoms with van der Waals surface area (Å²) in [7, 11) is 0. The van der Waals surface area contributed by atoms with Gasteiger partial charge in [0.2, 0.25) is 0 Å². The summed E-state index contributed by atoms with van der Waals surface area (Å²) in [5.41, 5.74) is 1.85. The standard InChI is InChI=1S/C19H18O3/c1-14(18(20)21)12-19(17-13-22-17,15-8-4-2-5-9-15)16-10-6-3-7-11-16/h2-12,17H,13H2,1H3,(H,20,21)/b14-12+. The molecule has 0 radical (unpaired) electrons. The van der Waals surface area contributed by atoms with E-state index in [4.69, 9.17) is 4.74 Å². The van der Waals surface area contributed by atoms with Crippen LogP contribution in [0.25, 0.3) is 0 Å². The number of carboxylic acid groups (broad SMARTS) is 1. The maximum absolute atomic E-state index is 11.4. The van der Waals surface area contributed by atoms with Crippen LogP contribution in [0.15, 0.2) is 72.3 Å². The molecular weight excluding hydrogens is 276 g/mol. The summed E-state index contributed by atoms with van der Waals surface area (Å²) >= 11 is 0. The highest BCUT2D eigenvalue weighted by atomic mass is 16.6. The Morgan fingerprint density at radius 1 is 1.09 bits per heavy atom. The molecule has 0 spiro atoms. The molecule has 2 aromatic carbocycles. The Labute approximate surface area is 129 Å². The van der Waals surface area contributed by atoms with Crippen molar-refractivity contribution in [2.75, 3.05) is 6.61 Å². The fourth-order valence-electron chi connectivity index (χ4n) is 2.94. The van der Waals surface area contributed by atoms with Crippen molar-refractivity contribution in [2.24, 2.45) is 0 Å². The summed E-state index contributed by atoms with van der Waals surface area (Å²) < 4.78 is 5.63. The molecule has 0 saturated carbocycles. The van der Waals surface area contributed by atoms with Crippen molar-refractivity contribution in [3.05, 3.63) is 83.4 Å². The molecule has 1 fully saturated rings. The first kappa shape index (κ1) is 14.5. The molecule has 3 heteroatoms. The topological polar surface area (TPSA) is 49.8 Å². The van der Waals surface area contributed by atoms with Crippen LogP contribution in [0.1, 0.15) is 18.1 Å². The van der Waals surface area contributed by atoms with Gasteiger partial charge in [-0.3, -0.25) is 0 Å². The van der Waals surface area contributed by atoms with Gasteiger partial charge < -0.3 is 9.84 Å². The minimum Gasteiger partial charge on any atom is -0.478 e. The summed E-state index contributed by atoms with van der Waals surface area (Å²) in [4.78, 5) is 11.4. The van der Waals surface area contributed by atoms with Crippen LogP contribution in [-0.4, -0.2) is 23.8 Å². The minimum atomic E-state index is -0.906. The normalized spacial score (nSPS) is 18.0. The number of aliphatic carboxylic acids is 1. The predicted molar refractivity (Wildman–Crippen MR) is 84.8 cm³/mol. The third-order valence-corrected chi connectivity index (χ3v) is 4.13. The minimum absolute atomic E-state index is 0.0356. The average Bonchev–Trinajstić information content (AvgIpc) is 3.39. The Morgan fingerprint density at radius 2 is 1.55 bits per heavy atom. The second-order valence-corrected chi connectivity index (χ2v) is 5.56. The van der Waals surface area contributed by atoms with E-state index in [1.807, 2.05) is 66.7 Å². The van der Waals surface area contributed by atoms with Crippen molar-refractivity contribution in [2.45, 2.75) is 18.4 Å². The van der Waals surface area contributed by atoms with Crippen molar-refractivity contribution >= 4 is 5.97 Å². The Hall–Kier alpha value is -2.39. The van der Waals surface area contributed by atoms with Gasteiger partial charge in [0, 0.05) is 5.57 Å². The molecule has 0 aromatic heterocycles. The molecule has 1 atom stereocenters. The lowest BCUT2D eigenvalue weighted by molar-refractivity contribution is -0.132. The average molecular weight is 294 g/mol. The van der Waals surface area contributed by atoms with Crippen molar-refractivity contribution in [3.63, 3.8) is 0 Å². The van der Waals surface area contributed by atoms with Crippen molar-refractivity contribution in [3.8, 4) is 0 Å². The van der Waals surface area contributed by atoms with Crippen LogP contribution in [0.3, 0.4) is 0 Å². The quantitative estimate of drug-likeness (QED) is 0.679. The van der Waals surface area contributed by atoms with Crippen LogP contribution in [0, 0.1) is 0 Å². The molecule has 112 valence electrons. The van der Waals surface area contributed by atoms with E-state index >= 15 is 0 Å². The summed E-state index contributed by atoms with van der Waals surface area (Å²) in [6, 6.07) is 19.9. The van der Waals surface area contributed by atoms with E-state index in [0.717, 1.165) is 11.1 Å². The lowest BCUT2D eigenvalue weighted by Gasteiger charge is -2.31. The molecule has 2 aromatic rings. The summed E-state index contributed by atoms with van der Waals surface area (Å²) in [5.74, 6) is -0.906. The van der Waals surface area contributed by atoms with Gasteiger partial charge in [-0.15, -0.1) is 0 Å². The van der Waals surface area contributed by atoms with Crippen molar-refractivity contribution in [1.29, 1.82) is 0 Å². The molecule has 1 N–H and O–H groups in total. The second kappa shape index (κ2) is 5.78. The molecule has 1 aliphatic rings. The zero-order chi connectivity index (χ0) is 15.6. The number of hydrogen-bond donors (Lipinski definition) is 1. The molecule has 1 heterocycles. The molecule has 0 bridgehead atoms. The van der Waals surface area contributed by atoms with Gasteiger partial charge >= 0.3 is 5.97 Å². The van der Waals surface area contributed by atoms with Gasteiger partial charge in [0.25, 0.3) is 0 Å².